The molecule has 2 amide bonds. The van der Waals surface area contributed by atoms with Gasteiger partial charge in [-0.05, 0) is 24.8 Å². The number of nitrogens with one attached hydrogen (secondary N) is 2. The SMILES string of the molecule is Cc1c(CNC(=O)C(=O)NCCCOCc2ccccc2)cnn1CC(C)C. The van der Waals surface area contributed by atoms with Gasteiger partial charge in [-0.1, -0.05) is 44.2 Å². The van der Waals surface area contributed by atoms with E-state index in [2.05, 4.69) is 29.6 Å². The number of rotatable bonds is 10. The Morgan fingerprint density at radius 3 is 2.57 bits per heavy atom. The van der Waals surface area contributed by atoms with Gasteiger partial charge in [0.25, 0.3) is 0 Å². The van der Waals surface area contributed by atoms with Crippen LogP contribution in [0.5, 0.6) is 0 Å². The lowest BCUT2D eigenvalue weighted by Crippen LogP contribution is -2.40. The summed E-state index contributed by atoms with van der Waals surface area (Å²) in [5.74, 6) is -0.778. The van der Waals surface area contributed by atoms with Crippen LogP contribution < -0.4 is 10.6 Å². The van der Waals surface area contributed by atoms with Crippen LogP contribution in [0.2, 0.25) is 0 Å². The Morgan fingerprint density at radius 1 is 1.14 bits per heavy atom. The molecule has 0 aliphatic heterocycles. The molecule has 2 rings (SSSR count). The van der Waals surface area contributed by atoms with Gasteiger partial charge in [0.1, 0.15) is 0 Å². The van der Waals surface area contributed by atoms with Crippen molar-refractivity contribution < 1.29 is 14.3 Å². The van der Waals surface area contributed by atoms with Crippen molar-refractivity contribution in [3.8, 4) is 0 Å². The molecule has 0 aliphatic rings. The summed E-state index contributed by atoms with van der Waals surface area (Å²) in [6.45, 7) is 8.78. The summed E-state index contributed by atoms with van der Waals surface area (Å²) in [5, 5.41) is 9.59. The lowest BCUT2D eigenvalue weighted by atomic mass is 10.2. The molecule has 1 aromatic heterocycles. The molecule has 1 aromatic carbocycles. The second-order valence-electron chi connectivity index (χ2n) is 7.16. The number of hydrogen-bond acceptors (Lipinski definition) is 4. The molecule has 7 nitrogen and oxygen atoms in total. The lowest BCUT2D eigenvalue weighted by molar-refractivity contribution is -0.139. The number of aromatic nitrogens is 2. The molecule has 0 atom stereocenters. The van der Waals surface area contributed by atoms with Crippen LogP contribution in [-0.4, -0.2) is 34.7 Å². The molecule has 152 valence electrons. The Balaban J connectivity index is 1.61. The fourth-order valence-electron chi connectivity index (χ4n) is 2.67. The van der Waals surface area contributed by atoms with Crippen LogP contribution in [0.4, 0.5) is 0 Å². The van der Waals surface area contributed by atoms with Crippen LogP contribution in [0.1, 0.15) is 37.1 Å². The molecule has 0 saturated heterocycles. The predicted molar refractivity (Wildman–Crippen MR) is 107 cm³/mol. The van der Waals surface area contributed by atoms with Crippen LogP contribution in [-0.2, 0) is 34.0 Å². The summed E-state index contributed by atoms with van der Waals surface area (Å²) >= 11 is 0. The molecule has 0 bridgehead atoms. The molecule has 0 saturated carbocycles. The Morgan fingerprint density at radius 2 is 1.86 bits per heavy atom. The fraction of sp³-hybridized carbons (Fsp3) is 0.476. The Bertz CT molecular complexity index is 756. The van der Waals surface area contributed by atoms with E-state index in [1.54, 1.807) is 6.20 Å². The summed E-state index contributed by atoms with van der Waals surface area (Å²) in [4.78, 5) is 23.8. The van der Waals surface area contributed by atoms with Crippen molar-refractivity contribution in [3.05, 3.63) is 53.3 Å². The molecule has 0 spiro atoms. The average Bonchev–Trinajstić information content (AvgIpc) is 3.02. The van der Waals surface area contributed by atoms with Gasteiger partial charge in [0.2, 0.25) is 0 Å². The van der Waals surface area contributed by atoms with Gasteiger partial charge >= 0.3 is 11.8 Å². The number of amides is 2. The maximum absolute atomic E-state index is 11.9. The van der Waals surface area contributed by atoms with Crippen molar-refractivity contribution in [3.63, 3.8) is 0 Å². The minimum absolute atomic E-state index is 0.288. The molecule has 28 heavy (non-hydrogen) atoms. The zero-order chi connectivity index (χ0) is 20.4. The van der Waals surface area contributed by atoms with Gasteiger partial charge in [0, 0.05) is 37.5 Å². The highest BCUT2D eigenvalue weighted by molar-refractivity contribution is 6.35. The van der Waals surface area contributed by atoms with E-state index in [0.717, 1.165) is 23.4 Å². The molecule has 1 heterocycles. The van der Waals surface area contributed by atoms with Crippen molar-refractivity contribution >= 4 is 11.8 Å². The van der Waals surface area contributed by atoms with Crippen molar-refractivity contribution in [2.24, 2.45) is 5.92 Å². The highest BCUT2D eigenvalue weighted by Crippen LogP contribution is 2.09. The molecule has 0 radical (unpaired) electrons. The van der Waals surface area contributed by atoms with Crippen LogP contribution >= 0.6 is 0 Å². The molecule has 7 heteroatoms. The van der Waals surface area contributed by atoms with E-state index in [9.17, 15) is 9.59 Å². The first-order valence-corrected chi connectivity index (χ1v) is 9.66. The second-order valence-corrected chi connectivity index (χ2v) is 7.16. The average molecular weight is 386 g/mol. The topological polar surface area (TPSA) is 85.2 Å². The van der Waals surface area contributed by atoms with Gasteiger partial charge in [-0.25, -0.2) is 0 Å². The number of benzene rings is 1. The van der Waals surface area contributed by atoms with Crippen molar-refractivity contribution in [2.45, 2.75) is 46.9 Å². The summed E-state index contributed by atoms with van der Waals surface area (Å²) in [6, 6.07) is 9.90. The minimum Gasteiger partial charge on any atom is -0.377 e. The molecule has 2 aromatic rings. The third-order valence-corrected chi connectivity index (χ3v) is 4.25. The highest BCUT2D eigenvalue weighted by Gasteiger charge is 2.14. The summed E-state index contributed by atoms with van der Waals surface area (Å²) in [6.07, 6.45) is 2.38. The van der Waals surface area contributed by atoms with Crippen LogP contribution in [0, 0.1) is 12.8 Å². The van der Waals surface area contributed by atoms with E-state index in [1.807, 2.05) is 41.9 Å². The Hall–Kier alpha value is -2.67. The zero-order valence-electron chi connectivity index (χ0n) is 16.9. The molecule has 0 unspecified atom stereocenters. The molecule has 2 N–H and O–H groups in total. The minimum atomic E-state index is -0.638. The largest absolute Gasteiger partial charge is 0.377 e. The Labute approximate surface area is 166 Å². The van der Waals surface area contributed by atoms with Crippen molar-refractivity contribution in [1.82, 2.24) is 20.4 Å². The number of nitrogens with zero attached hydrogens (tertiary/aromatic N) is 2. The number of carbonyl (C=O) groups is 2. The van der Waals surface area contributed by atoms with Gasteiger partial charge in [-0.15, -0.1) is 0 Å². The quantitative estimate of drug-likeness (QED) is 0.484. The molecular formula is C21H30N4O3. The van der Waals surface area contributed by atoms with Gasteiger partial charge < -0.3 is 15.4 Å². The van der Waals surface area contributed by atoms with Gasteiger partial charge in [0.05, 0.1) is 12.8 Å². The second kappa shape index (κ2) is 11.2. The van der Waals surface area contributed by atoms with E-state index in [0.29, 0.717) is 32.1 Å². The summed E-state index contributed by atoms with van der Waals surface area (Å²) in [5.41, 5.74) is 3.03. The Kier molecular flexibility index (Phi) is 8.68. The monoisotopic (exact) mass is 386 g/mol. The standard InChI is InChI=1S/C21H30N4O3/c1-16(2)14-25-17(3)19(13-24-25)12-23-21(27)20(26)22-10-7-11-28-15-18-8-5-4-6-9-18/h4-6,8-9,13,16H,7,10-12,14-15H2,1-3H3,(H,22,26)(H,23,27). The highest BCUT2D eigenvalue weighted by atomic mass is 16.5. The first-order valence-electron chi connectivity index (χ1n) is 9.66. The van der Waals surface area contributed by atoms with Crippen LogP contribution in [0.3, 0.4) is 0 Å². The smallest absolute Gasteiger partial charge is 0.309 e. The maximum Gasteiger partial charge on any atom is 0.309 e. The number of ether oxygens (including phenoxy) is 1. The van der Waals surface area contributed by atoms with Crippen molar-refractivity contribution in [1.29, 1.82) is 0 Å². The number of hydrogen-bond donors (Lipinski definition) is 2. The summed E-state index contributed by atoms with van der Waals surface area (Å²) in [7, 11) is 0. The predicted octanol–water partition coefficient (Wildman–Crippen LogP) is 2.19. The van der Waals surface area contributed by atoms with Crippen LogP contribution in [0.15, 0.2) is 36.5 Å². The van der Waals surface area contributed by atoms with Gasteiger partial charge in [-0.3, -0.25) is 14.3 Å². The third-order valence-electron chi connectivity index (χ3n) is 4.25. The maximum atomic E-state index is 11.9. The van der Waals surface area contributed by atoms with E-state index >= 15 is 0 Å². The molecule has 0 aliphatic carbocycles. The first-order chi connectivity index (χ1) is 13.5. The molecule has 0 fully saturated rings. The first kappa shape index (κ1) is 21.6. The van der Waals surface area contributed by atoms with Gasteiger partial charge in [0.15, 0.2) is 0 Å². The third kappa shape index (κ3) is 7.15. The summed E-state index contributed by atoms with van der Waals surface area (Å²) < 4.78 is 7.47. The van der Waals surface area contributed by atoms with E-state index in [4.69, 9.17) is 4.74 Å². The van der Waals surface area contributed by atoms with E-state index < -0.39 is 11.8 Å². The van der Waals surface area contributed by atoms with E-state index in [-0.39, 0.29) is 6.54 Å². The molecular weight excluding hydrogens is 356 g/mol. The van der Waals surface area contributed by atoms with E-state index in [1.165, 1.54) is 0 Å². The van der Waals surface area contributed by atoms with Crippen molar-refractivity contribution in [2.75, 3.05) is 13.2 Å². The zero-order valence-corrected chi connectivity index (χ0v) is 16.9. The van der Waals surface area contributed by atoms with Gasteiger partial charge in [-0.2, -0.15) is 5.10 Å². The fourth-order valence-corrected chi connectivity index (χ4v) is 2.67. The normalized spacial score (nSPS) is 10.9. The van der Waals surface area contributed by atoms with Crippen LogP contribution in [0.25, 0.3) is 0 Å². The lowest BCUT2D eigenvalue weighted by Gasteiger charge is -2.09. The number of carbonyl (C=O) groups excluding carboxylic acids is 2.